The summed E-state index contributed by atoms with van der Waals surface area (Å²) in [6, 6.07) is 15.2. The van der Waals surface area contributed by atoms with Crippen LogP contribution in [0.15, 0.2) is 54.7 Å². The van der Waals surface area contributed by atoms with Gasteiger partial charge in [-0.3, -0.25) is 9.78 Å². The minimum Gasteiger partial charge on any atom is -0.493 e. The summed E-state index contributed by atoms with van der Waals surface area (Å²) in [4.78, 5) is 19.0. The largest absolute Gasteiger partial charge is 0.493 e. The van der Waals surface area contributed by atoms with Gasteiger partial charge in [0.05, 0.1) is 27.0 Å². The zero-order chi connectivity index (χ0) is 21.7. The second-order valence-corrected chi connectivity index (χ2v) is 6.94. The van der Waals surface area contributed by atoms with E-state index in [-0.39, 0.29) is 5.91 Å². The molecule has 6 nitrogen and oxygen atoms in total. The monoisotopic (exact) mass is 406 g/mol. The third-order valence-electron chi connectivity index (χ3n) is 4.93. The van der Waals surface area contributed by atoms with Crippen molar-refractivity contribution in [3.63, 3.8) is 0 Å². The van der Waals surface area contributed by atoms with E-state index in [1.807, 2.05) is 55.5 Å². The van der Waals surface area contributed by atoms with Crippen LogP contribution in [0.1, 0.15) is 21.5 Å². The summed E-state index contributed by atoms with van der Waals surface area (Å²) in [7, 11) is 6.53. The van der Waals surface area contributed by atoms with Crippen molar-refractivity contribution in [1.29, 1.82) is 0 Å². The Balaban J connectivity index is 1.88. The smallest absolute Gasteiger partial charge is 0.254 e. The lowest BCUT2D eigenvalue weighted by Crippen LogP contribution is -2.26. The molecule has 0 saturated heterocycles. The highest BCUT2D eigenvalue weighted by Gasteiger charge is 2.17. The molecule has 156 valence electrons. The number of hydrogen-bond donors (Lipinski definition) is 0. The number of methoxy groups -OCH3 is 3. The summed E-state index contributed by atoms with van der Waals surface area (Å²) in [5, 5.41) is 0. The summed E-state index contributed by atoms with van der Waals surface area (Å²) in [5.41, 5.74) is 4.22. The van der Waals surface area contributed by atoms with Crippen LogP contribution in [-0.4, -0.2) is 44.2 Å². The predicted molar refractivity (Wildman–Crippen MR) is 116 cm³/mol. The van der Waals surface area contributed by atoms with Gasteiger partial charge in [0, 0.05) is 30.9 Å². The minimum atomic E-state index is -0.0146. The van der Waals surface area contributed by atoms with Gasteiger partial charge < -0.3 is 19.1 Å². The fourth-order valence-corrected chi connectivity index (χ4v) is 3.32. The quantitative estimate of drug-likeness (QED) is 0.584. The number of carbonyl (C=O) groups excluding carboxylic acids is 1. The first-order chi connectivity index (χ1) is 14.5. The van der Waals surface area contributed by atoms with Crippen molar-refractivity contribution in [1.82, 2.24) is 9.88 Å². The van der Waals surface area contributed by atoms with Crippen LogP contribution >= 0.6 is 0 Å². The van der Waals surface area contributed by atoms with Gasteiger partial charge in [0.2, 0.25) is 5.75 Å². The number of benzene rings is 2. The van der Waals surface area contributed by atoms with E-state index in [1.165, 1.54) is 0 Å². The van der Waals surface area contributed by atoms with Gasteiger partial charge in [0.15, 0.2) is 11.5 Å². The third kappa shape index (κ3) is 4.38. The molecule has 0 aliphatic heterocycles. The van der Waals surface area contributed by atoms with E-state index in [0.29, 0.717) is 29.4 Å². The average molecular weight is 406 g/mol. The maximum Gasteiger partial charge on any atom is 0.254 e. The number of amides is 1. The molecule has 6 heteroatoms. The topological polar surface area (TPSA) is 60.9 Å². The molecule has 0 aliphatic carbocycles. The second kappa shape index (κ2) is 9.31. The summed E-state index contributed by atoms with van der Waals surface area (Å²) in [6.45, 7) is 2.41. The standard InChI is InChI=1S/C24H26N2O4/c1-16-8-6-7-9-19(16)24(27)26(2)15-17-10-11-25-20(12-17)18-13-21(28-3)23(30-5)22(14-18)29-4/h6-14H,15H2,1-5H3. The predicted octanol–water partition coefficient (Wildman–Crippen LogP) is 4.36. The van der Waals surface area contributed by atoms with Crippen molar-refractivity contribution in [3.8, 4) is 28.5 Å². The van der Waals surface area contributed by atoms with Crippen molar-refractivity contribution in [2.45, 2.75) is 13.5 Å². The van der Waals surface area contributed by atoms with Gasteiger partial charge in [0.25, 0.3) is 5.91 Å². The van der Waals surface area contributed by atoms with Gasteiger partial charge in [-0.1, -0.05) is 18.2 Å². The Morgan fingerprint density at radius 3 is 2.23 bits per heavy atom. The van der Waals surface area contributed by atoms with Crippen molar-refractivity contribution < 1.29 is 19.0 Å². The molecule has 0 unspecified atom stereocenters. The van der Waals surface area contributed by atoms with E-state index >= 15 is 0 Å². The van der Waals surface area contributed by atoms with Gasteiger partial charge >= 0.3 is 0 Å². The van der Waals surface area contributed by atoms with Crippen LogP contribution in [0.4, 0.5) is 0 Å². The molecule has 0 N–H and O–H groups in total. The van der Waals surface area contributed by atoms with Crippen molar-refractivity contribution >= 4 is 5.91 Å². The van der Waals surface area contributed by atoms with Gasteiger partial charge in [-0.25, -0.2) is 0 Å². The van der Waals surface area contributed by atoms with E-state index in [0.717, 1.165) is 22.4 Å². The van der Waals surface area contributed by atoms with Crippen LogP contribution in [0.25, 0.3) is 11.3 Å². The SMILES string of the molecule is COc1cc(-c2cc(CN(C)C(=O)c3ccccc3C)ccn2)cc(OC)c1OC. The molecule has 1 amide bonds. The first-order valence-corrected chi connectivity index (χ1v) is 9.55. The Bertz CT molecular complexity index is 1020. The number of nitrogens with zero attached hydrogens (tertiary/aromatic N) is 2. The maximum absolute atomic E-state index is 12.8. The molecule has 1 aromatic heterocycles. The maximum atomic E-state index is 12.8. The summed E-state index contributed by atoms with van der Waals surface area (Å²) in [6.07, 6.45) is 1.74. The summed E-state index contributed by atoms with van der Waals surface area (Å²) < 4.78 is 16.3. The van der Waals surface area contributed by atoms with Crippen LogP contribution in [0.2, 0.25) is 0 Å². The lowest BCUT2D eigenvalue weighted by Gasteiger charge is -2.19. The Kier molecular flexibility index (Phi) is 6.57. The highest BCUT2D eigenvalue weighted by molar-refractivity contribution is 5.95. The zero-order valence-electron chi connectivity index (χ0n) is 17.9. The molecule has 2 aromatic carbocycles. The number of carbonyl (C=O) groups is 1. The normalized spacial score (nSPS) is 10.4. The molecular formula is C24H26N2O4. The molecule has 0 fully saturated rings. The van der Waals surface area contributed by atoms with Crippen LogP contribution < -0.4 is 14.2 Å². The van der Waals surface area contributed by atoms with Crippen molar-refractivity contribution in [2.75, 3.05) is 28.4 Å². The van der Waals surface area contributed by atoms with E-state index < -0.39 is 0 Å². The van der Waals surface area contributed by atoms with Gasteiger partial charge in [0.1, 0.15) is 0 Å². The Morgan fingerprint density at radius 1 is 0.967 bits per heavy atom. The molecule has 1 heterocycles. The van der Waals surface area contributed by atoms with Crippen molar-refractivity contribution in [2.24, 2.45) is 0 Å². The van der Waals surface area contributed by atoms with Gasteiger partial charge in [-0.15, -0.1) is 0 Å². The molecule has 0 atom stereocenters. The fourth-order valence-electron chi connectivity index (χ4n) is 3.32. The number of pyridine rings is 1. The van der Waals surface area contributed by atoms with E-state index in [2.05, 4.69) is 4.98 Å². The fraction of sp³-hybridized carbons (Fsp3) is 0.250. The van der Waals surface area contributed by atoms with Crippen LogP contribution in [0.3, 0.4) is 0 Å². The second-order valence-electron chi connectivity index (χ2n) is 6.94. The van der Waals surface area contributed by atoms with Crippen LogP contribution in [-0.2, 0) is 6.54 Å². The highest BCUT2D eigenvalue weighted by Crippen LogP contribution is 2.40. The van der Waals surface area contributed by atoms with E-state index in [1.54, 1.807) is 39.5 Å². The van der Waals surface area contributed by atoms with Crippen molar-refractivity contribution in [3.05, 3.63) is 71.4 Å². The number of ether oxygens (including phenoxy) is 3. The first kappa shape index (κ1) is 21.2. The Hall–Kier alpha value is -3.54. The van der Waals surface area contributed by atoms with Gasteiger partial charge in [-0.05, 0) is 48.4 Å². The molecule has 3 rings (SSSR count). The molecule has 0 bridgehead atoms. The number of aromatic nitrogens is 1. The Labute approximate surface area is 177 Å². The lowest BCUT2D eigenvalue weighted by molar-refractivity contribution is 0.0784. The molecule has 0 spiro atoms. The number of hydrogen-bond acceptors (Lipinski definition) is 5. The van der Waals surface area contributed by atoms with Crippen LogP contribution in [0.5, 0.6) is 17.2 Å². The van der Waals surface area contributed by atoms with E-state index in [9.17, 15) is 4.79 Å². The third-order valence-corrected chi connectivity index (χ3v) is 4.93. The number of rotatable bonds is 7. The highest BCUT2D eigenvalue weighted by atomic mass is 16.5. The summed E-state index contributed by atoms with van der Waals surface area (Å²) >= 11 is 0. The lowest BCUT2D eigenvalue weighted by atomic mass is 10.1. The first-order valence-electron chi connectivity index (χ1n) is 9.55. The number of aryl methyl sites for hydroxylation is 1. The Morgan fingerprint density at radius 2 is 1.63 bits per heavy atom. The zero-order valence-corrected chi connectivity index (χ0v) is 17.9. The molecule has 3 aromatic rings. The van der Waals surface area contributed by atoms with Gasteiger partial charge in [-0.2, -0.15) is 0 Å². The molecule has 0 aliphatic rings. The van der Waals surface area contributed by atoms with E-state index in [4.69, 9.17) is 14.2 Å². The minimum absolute atomic E-state index is 0.0146. The average Bonchev–Trinajstić information content (AvgIpc) is 2.78. The molecular weight excluding hydrogens is 380 g/mol. The van der Waals surface area contributed by atoms with Crippen LogP contribution in [0, 0.1) is 6.92 Å². The molecule has 0 radical (unpaired) electrons. The molecule has 0 saturated carbocycles. The molecule has 30 heavy (non-hydrogen) atoms. The summed E-state index contributed by atoms with van der Waals surface area (Å²) in [5.74, 6) is 1.64.